The fraction of sp³-hybridized carbons (Fsp3) is 0.462. The van der Waals surface area contributed by atoms with Gasteiger partial charge in [-0.3, -0.25) is 0 Å². The van der Waals surface area contributed by atoms with Crippen molar-refractivity contribution in [3.05, 3.63) is 35.9 Å². The minimum absolute atomic E-state index is 0.0610. The lowest BCUT2D eigenvalue weighted by molar-refractivity contribution is 0.000125. The third-order valence-corrected chi connectivity index (χ3v) is 6.81. The van der Waals surface area contributed by atoms with Gasteiger partial charge in [-0.15, -0.1) is 0 Å². The van der Waals surface area contributed by atoms with Gasteiger partial charge in [-0.25, -0.2) is 21.6 Å². The summed E-state index contributed by atoms with van der Waals surface area (Å²) in [5.74, 6) is -1.91. The van der Waals surface area contributed by atoms with E-state index in [4.69, 9.17) is 0 Å². The molecule has 1 rings (SSSR count). The molecule has 1 aromatic carbocycles. The Kier molecular flexibility index (Phi) is 6.51. The Morgan fingerprint density at radius 3 is 1.82 bits per heavy atom. The molecule has 7 nitrogen and oxygen atoms in total. The van der Waals surface area contributed by atoms with Gasteiger partial charge in [0.05, 0.1) is 20.9 Å². The molecule has 1 aromatic rings. The van der Waals surface area contributed by atoms with Gasteiger partial charge in [-0.2, -0.15) is 0 Å². The molecule has 0 atom stereocenters. The molecule has 0 heterocycles. The van der Waals surface area contributed by atoms with Crippen LogP contribution in [0.15, 0.2) is 30.3 Å². The minimum atomic E-state index is -4.25. The second kappa shape index (κ2) is 7.70. The first-order valence-electron chi connectivity index (χ1n) is 6.77. The van der Waals surface area contributed by atoms with E-state index >= 15 is 0 Å². The second-order valence-electron chi connectivity index (χ2n) is 4.54. The Morgan fingerprint density at radius 2 is 1.41 bits per heavy atom. The van der Waals surface area contributed by atoms with Gasteiger partial charge in [0.1, 0.15) is 0 Å². The maximum Gasteiger partial charge on any atom is 0.359 e. The van der Waals surface area contributed by atoms with Crippen LogP contribution >= 0.6 is 0 Å². The zero-order chi connectivity index (χ0) is 16.8. The summed E-state index contributed by atoms with van der Waals surface area (Å²) < 4.78 is 48.2. The molecule has 124 valence electrons. The summed E-state index contributed by atoms with van der Waals surface area (Å²) in [6.07, 6.45) is 0.396. The van der Waals surface area contributed by atoms with Crippen molar-refractivity contribution in [2.75, 3.05) is 11.5 Å². The smallest absolute Gasteiger partial charge is 0.333 e. The van der Waals surface area contributed by atoms with E-state index < -0.39 is 37.5 Å². The topological polar surface area (TPSA) is 97.8 Å². The summed E-state index contributed by atoms with van der Waals surface area (Å²) in [6.45, 7) is 3.17. The largest absolute Gasteiger partial charge is 0.359 e. The molecule has 0 bridgehead atoms. The zero-order valence-corrected chi connectivity index (χ0v) is 14.1. The van der Waals surface area contributed by atoms with E-state index in [2.05, 4.69) is 4.84 Å². The predicted molar refractivity (Wildman–Crippen MR) is 81.9 cm³/mol. The molecular weight excluding hydrogens is 330 g/mol. The normalized spacial score (nSPS) is 12.3. The fourth-order valence-electron chi connectivity index (χ4n) is 1.65. The van der Waals surface area contributed by atoms with Crippen LogP contribution in [0, 0.1) is 0 Å². The molecule has 0 spiro atoms. The highest BCUT2D eigenvalue weighted by molar-refractivity contribution is 8.03. The van der Waals surface area contributed by atoms with Crippen molar-refractivity contribution in [1.82, 2.24) is 3.87 Å². The Bertz CT molecular complexity index is 661. The van der Waals surface area contributed by atoms with Gasteiger partial charge in [0.2, 0.25) is 0 Å². The van der Waals surface area contributed by atoms with Gasteiger partial charge in [0.25, 0.3) is 20.0 Å². The van der Waals surface area contributed by atoms with Gasteiger partial charge in [0.15, 0.2) is 0 Å². The van der Waals surface area contributed by atoms with Crippen molar-refractivity contribution >= 4 is 26.0 Å². The molecule has 0 aromatic heterocycles. The van der Waals surface area contributed by atoms with Crippen molar-refractivity contribution in [3.63, 3.8) is 0 Å². The molecular formula is C13H19NO6S2. The maximum atomic E-state index is 12.1. The van der Waals surface area contributed by atoms with Crippen molar-refractivity contribution < 1.29 is 26.5 Å². The lowest BCUT2D eigenvalue weighted by Crippen LogP contribution is -2.41. The molecule has 0 amide bonds. The number of carbonyl (C=O) groups excluding carboxylic acids is 1. The van der Waals surface area contributed by atoms with E-state index in [9.17, 15) is 21.6 Å². The summed E-state index contributed by atoms with van der Waals surface area (Å²) in [6, 6.07) is 7.58. The standard InChI is InChI=1S/C13H19NO6S2/c1-3-10-21(16,17)14(22(18,19)11-4-2)20-13(15)12-8-6-5-7-9-12/h5-9H,3-4,10-11H2,1-2H3. The number of hydrogen-bond acceptors (Lipinski definition) is 6. The van der Waals surface area contributed by atoms with Crippen LogP contribution in [0.4, 0.5) is 0 Å². The van der Waals surface area contributed by atoms with Crippen molar-refractivity contribution in [2.24, 2.45) is 0 Å². The third-order valence-electron chi connectivity index (χ3n) is 2.55. The third kappa shape index (κ3) is 4.79. The summed E-state index contributed by atoms with van der Waals surface area (Å²) >= 11 is 0. The van der Waals surface area contributed by atoms with E-state index in [1.165, 1.54) is 12.1 Å². The summed E-state index contributed by atoms with van der Waals surface area (Å²) in [4.78, 5) is 16.7. The Labute approximate surface area is 130 Å². The fourth-order valence-corrected chi connectivity index (χ4v) is 5.17. The quantitative estimate of drug-likeness (QED) is 0.660. The molecule has 0 N–H and O–H groups in total. The Hall–Kier alpha value is -1.45. The van der Waals surface area contributed by atoms with Gasteiger partial charge < -0.3 is 4.84 Å². The summed E-state index contributed by atoms with van der Waals surface area (Å²) in [5.41, 5.74) is 0.0610. The number of nitrogens with zero attached hydrogens (tertiary/aromatic N) is 1. The first kappa shape index (κ1) is 18.6. The van der Waals surface area contributed by atoms with E-state index in [0.717, 1.165) is 0 Å². The lowest BCUT2D eigenvalue weighted by Gasteiger charge is -2.19. The molecule has 22 heavy (non-hydrogen) atoms. The van der Waals surface area contributed by atoms with E-state index in [0.29, 0.717) is 0 Å². The highest BCUT2D eigenvalue weighted by Gasteiger charge is 2.37. The van der Waals surface area contributed by atoms with Crippen LogP contribution in [0.25, 0.3) is 0 Å². The second-order valence-corrected chi connectivity index (χ2v) is 8.58. The van der Waals surface area contributed by atoms with Crippen LogP contribution in [0.5, 0.6) is 0 Å². The number of hydrogen-bond donors (Lipinski definition) is 0. The Balaban J connectivity index is 3.15. The van der Waals surface area contributed by atoms with Gasteiger partial charge in [-0.05, 0) is 25.0 Å². The molecule has 0 saturated heterocycles. The van der Waals surface area contributed by atoms with Crippen molar-refractivity contribution in [3.8, 4) is 0 Å². The lowest BCUT2D eigenvalue weighted by atomic mass is 10.2. The summed E-state index contributed by atoms with van der Waals surface area (Å²) in [5, 5.41) is 0. The van der Waals surface area contributed by atoms with E-state index in [1.54, 1.807) is 32.0 Å². The first-order chi connectivity index (χ1) is 10.2. The predicted octanol–water partition coefficient (Wildman–Crippen LogP) is 1.54. The average molecular weight is 349 g/mol. The molecule has 9 heteroatoms. The molecule has 0 saturated carbocycles. The number of carbonyl (C=O) groups is 1. The minimum Gasteiger partial charge on any atom is -0.333 e. The molecule has 0 aliphatic rings. The first-order valence-corrected chi connectivity index (χ1v) is 9.99. The van der Waals surface area contributed by atoms with Crippen LogP contribution in [-0.4, -0.2) is 38.2 Å². The van der Waals surface area contributed by atoms with E-state index in [-0.39, 0.29) is 22.3 Å². The van der Waals surface area contributed by atoms with Crippen LogP contribution in [-0.2, 0) is 24.9 Å². The highest BCUT2D eigenvalue weighted by Crippen LogP contribution is 2.15. The molecule has 0 radical (unpaired) electrons. The molecule has 0 aliphatic heterocycles. The van der Waals surface area contributed by atoms with Crippen molar-refractivity contribution in [1.29, 1.82) is 0 Å². The van der Waals surface area contributed by atoms with Crippen LogP contribution in [0.2, 0.25) is 0 Å². The number of rotatable bonds is 8. The highest BCUT2D eigenvalue weighted by atomic mass is 32.3. The summed E-state index contributed by atoms with van der Waals surface area (Å²) in [7, 11) is -8.51. The van der Waals surface area contributed by atoms with Crippen LogP contribution < -0.4 is 0 Å². The zero-order valence-electron chi connectivity index (χ0n) is 12.4. The molecule has 0 aliphatic carbocycles. The van der Waals surface area contributed by atoms with Gasteiger partial charge >= 0.3 is 5.97 Å². The Morgan fingerprint density at radius 1 is 0.955 bits per heavy atom. The monoisotopic (exact) mass is 349 g/mol. The number of benzene rings is 1. The van der Waals surface area contributed by atoms with Gasteiger partial charge in [-0.1, -0.05) is 32.0 Å². The van der Waals surface area contributed by atoms with E-state index in [1.807, 2.05) is 0 Å². The van der Waals surface area contributed by atoms with Crippen LogP contribution in [0.1, 0.15) is 37.0 Å². The SMILES string of the molecule is CCCS(=O)(=O)N(OC(=O)c1ccccc1)S(=O)(=O)CCC. The average Bonchev–Trinajstić information content (AvgIpc) is 2.45. The molecule has 0 unspecified atom stereocenters. The molecule has 0 fully saturated rings. The van der Waals surface area contributed by atoms with Gasteiger partial charge in [0, 0.05) is 0 Å². The van der Waals surface area contributed by atoms with Crippen molar-refractivity contribution in [2.45, 2.75) is 26.7 Å². The van der Waals surface area contributed by atoms with Crippen LogP contribution in [0.3, 0.4) is 0 Å². The number of sulfonamides is 2. The maximum absolute atomic E-state index is 12.1.